The summed E-state index contributed by atoms with van der Waals surface area (Å²) in [5, 5.41) is 4.35. The summed E-state index contributed by atoms with van der Waals surface area (Å²) in [6.07, 6.45) is 8.90. The van der Waals surface area contributed by atoms with Gasteiger partial charge in [-0.2, -0.15) is 0 Å². The van der Waals surface area contributed by atoms with Crippen molar-refractivity contribution in [3.63, 3.8) is 0 Å². The van der Waals surface area contributed by atoms with Gasteiger partial charge in [0.25, 0.3) is 0 Å². The number of pyridine rings is 4. The molecule has 5 heterocycles. The third-order valence-corrected chi connectivity index (χ3v) is 11.8. The monoisotopic (exact) mass is 690 g/mol. The number of rotatable bonds is 2. The molecule has 252 valence electrons. The van der Waals surface area contributed by atoms with Crippen LogP contribution in [0.3, 0.4) is 0 Å². The molecule has 3 aliphatic rings. The van der Waals surface area contributed by atoms with Gasteiger partial charge in [0.1, 0.15) is 11.5 Å². The number of hydrogen-bond donors (Lipinski definition) is 0. The summed E-state index contributed by atoms with van der Waals surface area (Å²) in [6.45, 7) is 0. The zero-order chi connectivity index (χ0) is 35.4. The number of allylic oxidation sites excluding steroid dienone is 3. The maximum Gasteiger partial charge on any atom is 0.132 e. The number of aromatic nitrogens is 4. The average molecular weight is 691 g/mol. The van der Waals surface area contributed by atoms with E-state index in [9.17, 15) is 0 Å². The van der Waals surface area contributed by atoms with E-state index < -0.39 is 5.41 Å². The molecule has 0 saturated carbocycles. The van der Waals surface area contributed by atoms with Crippen molar-refractivity contribution in [2.24, 2.45) is 0 Å². The molecule has 5 heteroatoms. The van der Waals surface area contributed by atoms with Gasteiger partial charge in [-0.05, 0) is 76.7 Å². The van der Waals surface area contributed by atoms with Crippen molar-refractivity contribution >= 4 is 43.6 Å². The van der Waals surface area contributed by atoms with Crippen LogP contribution in [0.4, 0.5) is 0 Å². The lowest BCUT2D eigenvalue weighted by atomic mass is 9.62. The smallest absolute Gasteiger partial charge is 0.132 e. The molecule has 5 aromatic carbocycles. The van der Waals surface area contributed by atoms with Gasteiger partial charge in [0.2, 0.25) is 0 Å². The molecule has 0 N–H and O–H groups in total. The summed E-state index contributed by atoms with van der Waals surface area (Å²) in [6, 6.07) is 49.7. The van der Waals surface area contributed by atoms with Gasteiger partial charge in [0.15, 0.2) is 0 Å². The Labute approximate surface area is 311 Å². The molecule has 0 radical (unpaired) electrons. The fourth-order valence-electron chi connectivity index (χ4n) is 9.36. The molecule has 1 spiro atoms. The number of benzene rings is 5. The van der Waals surface area contributed by atoms with Gasteiger partial charge in [-0.25, -0.2) is 9.97 Å². The van der Waals surface area contributed by atoms with Crippen LogP contribution < -0.4 is 4.74 Å². The van der Waals surface area contributed by atoms with Crippen LogP contribution in [0, 0.1) is 0 Å². The van der Waals surface area contributed by atoms with E-state index in [0.29, 0.717) is 0 Å². The highest BCUT2D eigenvalue weighted by atomic mass is 16.5. The average Bonchev–Trinajstić information content (AvgIpc) is 3.53. The fourth-order valence-corrected chi connectivity index (χ4v) is 9.36. The summed E-state index contributed by atoms with van der Waals surface area (Å²) >= 11 is 0. The van der Waals surface area contributed by atoms with E-state index in [2.05, 4.69) is 140 Å². The molecular formula is C49H30N4O. The van der Waals surface area contributed by atoms with Gasteiger partial charge in [0.05, 0.1) is 33.2 Å². The van der Waals surface area contributed by atoms with Crippen molar-refractivity contribution < 1.29 is 4.74 Å². The molecular weight excluding hydrogens is 661 g/mol. The minimum atomic E-state index is -0.578. The van der Waals surface area contributed by atoms with Crippen molar-refractivity contribution in [3.8, 4) is 28.1 Å². The maximum atomic E-state index is 6.81. The van der Waals surface area contributed by atoms with Crippen molar-refractivity contribution in [3.05, 3.63) is 198 Å². The van der Waals surface area contributed by atoms with Crippen LogP contribution in [0.1, 0.15) is 34.7 Å². The van der Waals surface area contributed by atoms with E-state index in [1.807, 2.05) is 24.5 Å². The lowest BCUT2D eigenvalue weighted by Gasteiger charge is -2.43. The zero-order valence-corrected chi connectivity index (χ0v) is 29.1. The van der Waals surface area contributed by atoms with Crippen LogP contribution in [0.5, 0.6) is 5.75 Å². The molecule has 12 rings (SSSR count). The molecule has 0 saturated heterocycles. The molecule has 1 aliphatic heterocycles. The first kappa shape index (κ1) is 29.6. The second-order valence-electron chi connectivity index (χ2n) is 14.5. The molecule has 2 atom stereocenters. The first-order valence-electron chi connectivity index (χ1n) is 18.5. The fraction of sp³-hybridized carbons (Fsp3) is 0.0612. The van der Waals surface area contributed by atoms with E-state index in [4.69, 9.17) is 24.7 Å². The molecule has 2 aliphatic carbocycles. The van der Waals surface area contributed by atoms with Crippen molar-refractivity contribution in [1.29, 1.82) is 0 Å². The molecule has 0 fully saturated rings. The van der Waals surface area contributed by atoms with Crippen LogP contribution >= 0.6 is 0 Å². The maximum absolute atomic E-state index is 6.81. The highest BCUT2D eigenvalue weighted by Gasteiger charge is 2.53. The third-order valence-electron chi connectivity index (χ3n) is 11.8. The first-order chi connectivity index (χ1) is 26.7. The molecule has 9 aromatic rings. The molecule has 0 amide bonds. The summed E-state index contributed by atoms with van der Waals surface area (Å²) in [5.41, 5.74) is 13.5. The highest BCUT2D eigenvalue weighted by Crippen LogP contribution is 2.63. The predicted octanol–water partition coefficient (Wildman–Crippen LogP) is 11.3. The van der Waals surface area contributed by atoms with Crippen LogP contribution in [0.2, 0.25) is 0 Å². The van der Waals surface area contributed by atoms with Crippen molar-refractivity contribution in [2.45, 2.75) is 17.8 Å². The second kappa shape index (κ2) is 11.0. The highest BCUT2D eigenvalue weighted by molar-refractivity contribution is 6.04. The molecule has 54 heavy (non-hydrogen) atoms. The van der Waals surface area contributed by atoms with Gasteiger partial charge >= 0.3 is 0 Å². The van der Waals surface area contributed by atoms with Gasteiger partial charge in [-0.3, -0.25) is 9.97 Å². The molecule has 0 bridgehead atoms. The molecule has 4 aromatic heterocycles. The van der Waals surface area contributed by atoms with E-state index in [1.54, 1.807) is 0 Å². The number of para-hydroxylation sites is 1. The second-order valence-corrected chi connectivity index (χ2v) is 14.5. The Morgan fingerprint density at radius 2 is 1.19 bits per heavy atom. The lowest BCUT2D eigenvalue weighted by molar-refractivity contribution is 0.385. The summed E-state index contributed by atoms with van der Waals surface area (Å²) in [5.74, 6) is 1.84. The largest absolute Gasteiger partial charge is 0.457 e. The third kappa shape index (κ3) is 4.04. The van der Waals surface area contributed by atoms with E-state index >= 15 is 0 Å². The van der Waals surface area contributed by atoms with Crippen molar-refractivity contribution in [1.82, 2.24) is 19.9 Å². The molecule has 5 nitrogen and oxygen atoms in total. The topological polar surface area (TPSA) is 60.8 Å². The molecule has 2 unspecified atom stereocenters. The Bertz CT molecular complexity index is 3140. The van der Waals surface area contributed by atoms with Gasteiger partial charge in [0, 0.05) is 56.7 Å². The number of ether oxygens (including phenoxy) is 1. The summed E-state index contributed by atoms with van der Waals surface area (Å²) < 4.78 is 6.81. The predicted molar refractivity (Wildman–Crippen MR) is 215 cm³/mol. The Kier molecular flexibility index (Phi) is 6.03. The minimum Gasteiger partial charge on any atom is -0.457 e. The number of hydrogen-bond acceptors (Lipinski definition) is 5. The van der Waals surface area contributed by atoms with E-state index in [-0.39, 0.29) is 5.92 Å². The van der Waals surface area contributed by atoms with Crippen LogP contribution in [-0.2, 0) is 5.41 Å². The van der Waals surface area contributed by atoms with Crippen LogP contribution in [0.15, 0.2) is 175 Å². The Hall–Kier alpha value is -6.98. The minimum absolute atomic E-state index is 0.0418. The van der Waals surface area contributed by atoms with Crippen molar-refractivity contribution in [2.75, 3.05) is 0 Å². The Morgan fingerprint density at radius 3 is 1.98 bits per heavy atom. The Balaban J connectivity index is 1.07. The van der Waals surface area contributed by atoms with Gasteiger partial charge in [-0.1, -0.05) is 109 Å². The van der Waals surface area contributed by atoms with E-state index in [1.165, 1.54) is 27.8 Å². The lowest BCUT2D eigenvalue weighted by Crippen LogP contribution is -2.36. The van der Waals surface area contributed by atoms with Gasteiger partial charge < -0.3 is 4.74 Å². The summed E-state index contributed by atoms with van der Waals surface area (Å²) in [4.78, 5) is 20.1. The normalized spacial score (nSPS) is 18.2. The number of nitrogens with zero attached hydrogens (tertiary/aromatic N) is 4. The summed E-state index contributed by atoms with van der Waals surface area (Å²) in [7, 11) is 0. The first-order valence-corrected chi connectivity index (χ1v) is 18.5. The van der Waals surface area contributed by atoms with E-state index in [0.717, 1.165) is 84.1 Å². The zero-order valence-electron chi connectivity index (χ0n) is 29.1. The Morgan fingerprint density at radius 1 is 0.537 bits per heavy atom. The van der Waals surface area contributed by atoms with Crippen LogP contribution in [-0.4, -0.2) is 19.9 Å². The SMILES string of the molecule is C1=CC(c2ccc3ccc4cccnc4c3n2)CC2=C1Oc1ccccc1C21c2ccccc2-c2ccc(-c3ccc4ccc5cccnc5c4n3)cc21. The number of fused-ring (bicyclic) bond motifs is 14. The van der Waals surface area contributed by atoms with Gasteiger partial charge in [-0.15, -0.1) is 0 Å². The standard InChI is InChI=1S/C49H30N4O/c1-2-10-37-35(9-1)36-21-17-33(41-22-18-31-15-13-29-7-5-25-50-45(29)47(31)52-41)27-39(36)49(37)38-11-3-4-12-43(38)54-44-24-20-34(28-40(44)49)42-23-19-32-16-14-30-8-6-26-51-46(30)48(32)53-42/h1-27,34H,28H2. The quantitative estimate of drug-likeness (QED) is 0.169. The van der Waals surface area contributed by atoms with Crippen LogP contribution in [0.25, 0.3) is 66.0 Å².